The normalized spacial score (nSPS) is 19.5. The Balaban J connectivity index is 1.63. The number of aromatic nitrogens is 1. The average Bonchev–Trinajstić information content (AvgIpc) is 2.90. The molecule has 0 bridgehead atoms. The summed E-state index contributed by atoms with van der Waals surface area (Å²) in [6.45, 7) is 4.07. The average molecular weight is 256 g/mol. The summed E-state index contributed by atoms with van der Waals surface area (Å²) in [5, 5.41) is 7.38. The summed E-state index contributed by atoms with van der Waals surface area (Å²) in [5.41, 5.74) is 0.939. The van der Waals surface area contributed by atoms with Crippen molar-refractivity contribution in [3.8, 4) is 0 Å². The molecule has 1 amide bonds. The van der Waals surface area contributed by atoms with Gasteiger partial charge in [0.05, 0.1) is 5.69 Å². The monoisotopic (exact) mass is 256 g/mol. The molecule has 0 spiro atoms. The Morgan fingerprint density at radius 3 is 3.29 bits per heavy atom. The smallest absolute Gasteiger partial charge is 0.281 e. The van der Waals surface area contributed by atoms with E-state index in [0.29, 0.717) is 17.8 Å². The van der Waals surface area contributed by atoms with Crippen molar-refractivity contribution in [1.82, 2.24) is 4.98 Å². The first-order valence-electron chi connectivity index (χ1n) is 5.89. The summed E-state index contributed by atoms with van der Waals surface area (Å²) in [4.78, 5) is 15.8. The summed E-state index contributed by atoms with van der Waals surface area (Å²) in [6.07, 6.45) is 2.58. The predicted octanol–water partition coefficient (Wildman–Crippen LogP) is 0.132. The fraction of sp³-hybridized carbons (Fsp3) is 0.636. The minimum atomic E-state index is -0.00246. The van der Waals surface area contributed by atoms with Crippen molar-refractivity contribution in [2.24, 2.45) is 0 Å². The van der Waals surface area contributed by atoms with E-state index in [1.165, 1.54) is 11.3 Å². The van der Waals surface area contributed by atoms with Crippen LogP contribution in [0.3, 0.4) is 0 Å². The lowest BCUT2D eigenvalue weighted by atomic mass is 10.2. The second kappa shape index (κ2) is 6.09. The number of ether oxygens (including phenoxy) is 1. The number of amides is 1. The van der Waals surface area contributed by atoms with E-state index in [2.05, 4.69) is 10.3 Å². The molecule has 0 radical (unpaired) electrons. The van der Waals surface area contributed by atoms with Gasteiger partial charge in [-0.05, 0) is 19.8 Å². The molecule has 1 aliphatic heterocycles. The molecule has 0 aliphatic carbocycles. The van der Waals surface area contributed by atoms with E-state index in [1.807, 2.05) is 17.6 Å². The third-order valence-electron chi connectivity index (χ3n) is 2.65. The fourth-order valence-corrected chi connectivity index (χ4v) is 2.52. The molecule has 5 nitrogen and oxygen atoms in total. The van der Waals surface area contributed by atoms with Crippen LogP contribution in [-0.2, 0) is 9.53 Å². The van der Waals surface area contributed by atoms with Crippen LogP contribution >= 0.6 is 11.3 Å². The van der Waals surface area contributed by atoms with Gasteiger partial charge in [-0.1, -0.05) is 0 Å². The molecule has 1 saturated heterocycles. The molecule has 1 fully saturated rings. The zero-order valence-corrected chi connectivity index (χ0v) is 10.8. The number of nitrogens with two attached hydrogens (primary N) is 1. The van der Waals surface area contributed by atoms with Crippen molar-refractivity contribution in [3.63, 3.8) is 0 Å². The number of quaternary nitrogens is 1. The Labute approximate surface area is 105 Å². The molecule has 2 heterocycles. The number of hydrogen-bond acceptors (Lipinski definition) is 4. The maximum Gasteiger partial charge on any atom is 0.281 e. The first-order valence-corrected chi connectivity index (χ1v) is 6.77. The Kier molecular flexibility index (Phi) is 4.47. The topological polar surface area (TPSA) is 67.8 Å². The van der Waals surface area contributed by atoms with Gasteiger partial charge in [0.25, 0.3) is 5.91 Å². The number of nitrogens with one attached hydrogen (secondary N) is 1. The van der Waals surface area contributed by atoms with E-state index in [1.54, 1.807) is 0 Å². The summed E-state index contributed by atoms with van der Waals surface area (Å²) >= 11 is 1.46. The number of aryl methyl sites for hydroxylation is 1. The van der Waals surface area contributed by atoms with Gasteiger partial charge in [-0.3, -0.25) is 10.1 Å². The van der Waals surface area contributed by atoms with Crippen molar-refractivity contribution in [2.45, 2.75) is 25.9 Å². The number of carbonyl (C=O) groups is 1. The first-order chi connectivity index (χ1) is 8.24. The number of nitrogens with zero attached hydrogens (tertiary/aromatic N) is 1. The van der Waals surface area contributed by atoms with Crippen molar-refractivity contribution in [2.75, 3.05) is 25.0 Å². The van der Waals surface area contributed by atoms with Gasteiger partial charge >= 0.3 is 0 Å². The highest BCUT2D eigenvalue weighted by Gasteiger charge is 2.17. The van der Waals surface area contributed by atoms with Crippen LogP contribution in [0.25, 0.3) is 0 Å². The zero-order chi connectivity index (χ0) is 12.1. The molecule has 6 heteroatoms. The minimum Gasteiger partial charge on any atom is -0.372 e. The van der Waals surface area contributed by atoms with E-state index in [-0.39, 0.29) is 5.91 Å². The Morgan fingerprint density at radius 1 is 1.76 bits per heavy atom. The van der Waals surface area contributed by atoms with Gasteiger partial charge in [0.2, 0.25) is 0 Å². The number of anilines is 1. The highest BCUT2D eigenvalue weighted by molar-refractivity contribution is 7.13. The van der Waals surface area contributed by atoms with E-state index in [4.69, 9.17) is 4.74 Å². The number of thiazole rings is 1. The molecule has 94 valence electrons. The molecule has 2 rings (SSSR count). The van der Waals surface area contributed by atoms with E-state index < -0.39 is 0 Å². The molecule has 0 unspecified atom stereocenters. The Hall–Kier alpha value is -0.980. The zero-order valence-electron chi connectivity index (χ0n) is 9.94. The standard InChI is InChI=1S/C11H17N3O2S/c1-8-7-17-11(13-8)14-10(15)6-12-5-9-3-2-4-16-9/h7,9,12H,2-6H2,1H3,(H,13,14,15)/p+1/t9-/m1/s1. The van der Waals surface area contributed by atoms with Crippen LogP contribution in [0, 0.1) is 6.92 Å². The highest BCUT2D eigenvalue weighted by atomic mass is 32.1. The molecular weight excluding hydrogens is 238 g/mol. The number of hydrogen-bond donors (Lipinski definition) is 2. The highest BCUT2D eigenvalue weighted by Crippen LogP contribution is 2.13. The van der Waals surface area contributed by atoms with Crippen molar-refractivity contribution < 1.29 is 14.8 Å². The van der Waals surface area contributed by atoms with Crippen LogP contribution in [0.4, 0.5) is 5.13 Å². The quantitative estimate of drug-likeness (QED) is 0.787. The van der Waals surface area contributed by atoms with Crippen LogP contribution in [0.1, 0.15) is 18.5 Å². The predicted molar refractivity (Wildman–Crippen MR) is 66.1 cm³/mol. The molecule has 17 heavy (non-hydrogen) atoms. The SMILES string of the molecule is Cc1csc(NC(=O)C[NH2+]C[C@H]2CCCO2)n1. The lowest BCUT2D eigenvalue weighted by Crippen LogP contribution is -2.88. The van der Waals surface area contributed by atoms with Gasteiger partial charge in [0, 0.05) is 12.0 Å². The Morgan fingerprint density at radius 2 is 2.65 bits per heavy atom. The van der Waals surface area contributed by atoms with E-state index in [0.717, 1.165) is 31.7 Å². The molecule has 1 aliphatic rings. The van der Waals surface area contributed by atoms with E-state index in [9.17, 15) is 4.79 Å². The van der Waals surface area contributed by atoms with Gasteiger partial charge in [-0.2, -0.15) is 0 Å². The lowest BCUT2D eigenvalue weighted by Gasteiger charge is -2.07. The summed E-state index contributed by atoms with van der Waals surface area (Å²) in [6, 6.07) is 0. The van der Waals surface area contributed by atoms with Crippen LogP contribution in [0.15, 0.2) is 5.38 Å². The second-order valence-electron chi connectivity index (χ2n) is 4.21. The van der Waals surface area contributed by atoms with Gasteiger partial charge in [0.15, 0.2) is 11.7 Å². The third-order valence-corrected chi connectivity index (χ3v) is 3.52. The van der Waals surface area contributed by atoms with Gasteiger partial charge in [-0.25, -0.2) is 4.98 Å². The maximum atomic E-state index is 11.6. The third kappa shape index (κ3) is 4.07. The number of carbonyl (C=O) groups excluding carboxylic acids is 1. The second-order valence-corrected chi connectivity index (χ2v) is 5.06. The minimum absolute atomic E-state index is 0.00246. The lowest BCUT2D eigenvalue weighted by molar-refractivity contribution is -0.649. The molecular formula is C11H18N3O2S+. The summed E-state index contributed by atoms with van der Waals surface area (Å²) in [7, 11) is 0. The number of rotatable bonds is 5. The van der Waals surface area contributed by atoms with Gasteiger partial charge in [-0.15, -0.1) is 11.3 Å². The van der Waals surface area contributed by atoms with Crippen LogP contribution in [0.5, 0.6) is 0 Å². The maximum absolute atomic E-state index is 11.6. The summed E-state index contributed by atoms with van der Waals surface area (Å²) < 4.78 is 5.48. The van der Waals surface area contributed by atoms with Gasteiger partial charge < -0.3 is 10.1 Å². The Bertz CT molecular complexity index is 375. The molecule has 0 saturated carbocycles. The van der Waals surface area contributed by atoms with Gasteiger partial charge in [0.1, 0.15) is 12.6 Å². The van der Waals surface area contributed by atoms with Crippen LogP contribution in [0.2, 0.25) is 0 Å². The molecule has 1 aromatic rings. The first kappa shape index (κ1) is 12.5. The molecule has 3 N–H and O–H groups in total. The van der Waals surface area contributed by atoms with Crippen LogP contribution in [-0.4, -0.2) is 36.7 Å². The van der Waals surface area contributed by atoms with Crippen LogP contribution < -0.4 is 10.6 Å². The van der Waals surface area contributed by atoms with Crippen molar-refractivity contribution >= 4 is 22.4 Å². The summed E-state index contributed by atoms with van der Waals surface area (Å²) in [5.74, 6) is -0.00246. The largest absolute Gasteiger partial charge is 0.372 e. The molecule has 1 atom stereocenters. The molecule has 0 aromatic carbocycles. The van der Waals surface area contributed by atoms with E-state index >= 15 is 0 Å². The van der Waals surface area contributed by atoms with Crippen molar-refractivity contribution in [1.29, 1.82) is 0 Å². The van der Waals surface area contributed by atoms with Crippen molar-refractivity contribution in [3.05, 3.63) is 11.1 Å². The molecule has 1 aromatic heterocycles. The fourth-order valence-electron chi connectivity index (χ4n) is 1.81.